The maximum Gasteiger partial charge on any atom is 0.339 e. The SMILES string of the molecule is COC(=O)[C@H]1O[C@@H](OC[C@H]2O[C@H](OC)[C@H](OCc3ccccc3)[C@@H](OCc3ccccc3)[C@@H]2OCc2ccccc2)[C@H](O)[C@@H](O[Si](C)(C)C(C)(C)C)[C@@H]1OC(C)=O. The average Bonchev–Trinajstić information content (AvgIpc) is 3.19. The molecule has 2 fully saturated rings. The number of ether oxygens (including phenoxy) is 9. The minimum atomic E-state index is -2.65. The van der Waals surface area contributed by atoms with E-state index in [2.05, 4.69) is 0 Å². The van der Waals surface area contributed by atoms with E-state index in [0.717, 1.165) is 16.7 Å². The van der Waals surface area contributed by atoms with Crippen molar-refractivity contribution in [3.63, 3.8) is 0 Å². The second kappa shape index (κ2) is 20.4. The summed E-state index contributed by atoms with van der Waals surface area (Å²) in [7, 11) is 0.0713. The van der Waals surface area contributed by atoms with Crippen molar-refractivity contribution in [2.24, 2.45) is 0 Å². The number of carbonyl (C=O) groups is 2. The molecule has 14 heteroatoms. The van der Waals surface area contributed by atoms with Gasteiger partial charge in [0.05, 0.1) is 33.5 Å². The molecule has 0 unspecified atom stereocenters. The van der Waals surface area contributed by atoms with Gasteiger partial charge in [-0.3, -0.25) is 4.79 Å². The Hall–Kier alpha value is -3.54. The van der Waals surface area contributed by atoms with E-state index < -0.39 is 81.7 Å². The molecule has 3 aromatic carbocycles. The van der Waals surface area contributed by atoms with Crippen LogP contribution in [-0.4, -0.2) is 108 Å². The Labute approximate surface area is 336 Å². The van der Waals surface area contributed by atoms with Gasteiger partial charge in [-0.2, -0.15) is 0 Å². The highest BCUT2D eigenvalue weighted by atomic mass is 28.4. The zero-order valence-corrected chi connectivity index (χ0v) is 35.1. The minimum Gasteiger partial charge on any atom is -0.467 e. The molecule has 0 aliphatic carbocycles. The molecule has 0 aromatic heterocycles. The molecule has 2 aliphatic heterocycles. The average molecular weight is 811 g/mol. The molecule has 312 valence electrons. The third-order valence-electron chi connectivity index (χ3n) is 10.6. The van der Waals surface area contributed by atoms with E-state index in [0.29, 0.717) is 0 Å². The molecule has 10 atom stereocenters. The van der Waals surface area contributed by atoms with Crippen molar-refractivity contribution in [3.8, 4) is 0 Å². The zero-order valence-electron chi connectivity index (χ0n) is 34.1. The first-order valence-electron chi connectivity index (χ1n) is 19.2. The summed E-state index contributed by atoms with van der Waals surface area (Å²) in [4.78, 5) is 25.5. The van der Waals surface area contributed by atoms with Gasteiger partial charge in [-0.1, -0.05) is 112 Å². The van der Waals surface area contributed by atoms with Crippen molar-refractivity contribution in [1.82, 2.24) is 0 Å². The van der Waals surface area contributed by atoms with Gasteiger partial charge in [0.2, 0.25) is 0 Å². The van der Waals surface area contributed by atoms with Crippen molar-refractivity contribution >= 4 is 20.3 Å². The van der Waals surface area contributed by atoms with Crippen molar-refractivity contribution in [1.29, 1.82) is 0 Å². The van der Waals surface area contributed by atoms with Crippen LogP contribution in [0.1, 0.15) is 44.4 Å². The molecule has 0 saturated carbocycles. The lowest BCUT2D eigenvalue weighted by Gasteiger charge is -2.48. The topological polar surface area (TPSA) is 147 Å². The highest BCUT2D eigenvalue weighted by Gasteiger charge is 2.56. The van der Waals surface area contributed by atoms with Crippen molar-refractivity contribution < 1.29 is 61.8 Å². The normalized spacial score (nSPS) is 28.1. The lowest BCUT2D eigenvalue weighted by atomic mass is 9.97. The molecule has 13 nitrogen and oxygen atoms in total. The van der Waals surface area contributed by atoms with Crippen LogP contribution in [0.4, 0.5) is 0 Å². The number of benzene rings is 3. The molecular weight excluding hydrogens is 753 g/mol. The van der Waals surface area contributed by atoms with Gasteiger partial charge in [0, 0.05) is 14.0 Å². The van der Waals surface area contributed by atoms with Crippen LogP contribution in [0.2, 0.25) is 18.1 Å². The molecule has 0 spiro atoms. The lowest BCUT2D eigenvalue weighted by molar-refractivity contribution is -0.339. The molecular formula is C43H58O13Si. The van der Waals surface area contributed by atoms with Crippen LogP contribution in [0, 0.1) is 0 Å². The number of rotatable bonds is 17. The molecule has 2 heterocycles. The highest BCUT2D eigenvalue weighted by molar-refractivity contribution is 6.74. The van der Waals surface area contributed by atoms with Gasteiger partial charge in [-0.15, -0.1) is 0 Å². The molecule has 1 N–H and O–H groups in total. The Morgan fingerprint density at radius 1 is 0.667 bits per heavy atom. The van der Waals surface area contributed by atoms with Gasteiger partial charge in [0.25, 0.3) is 0 Å². The van der Waals surface area contributed by atoms with Crippen LogP contribution in [-0.2, 0) is 76.5 Å². The minimum absolute atomic E-state index is 0.207. The highest BCUT2D eigenvalue weighted by Crippen LogP contribution is 2.40. The number of aliphatic hydroxyl groups excluding tert-OH is 1. The summed E-state index contributed by atoms with van der Waals surface area (Å²) in [5.74, 6) is -1.51. The van der Waals surface area contributed by atoms with E-state index in [9.17, 15) is 14.7 Å². The van der Waals surface area contributed by atoms with Gasteiger partial charge in [-0.05, 0) is 34.8 Å². The van der Waals surface area contributed by atoms with E-state index in [1.54, 1.807) is 0 Å². The summed E-state index contributed by atoms with van der Waals surface area (Å²) in [6.07, 6.45) is -11.0. The third kappa shape index (κ3) is 11.8. The second-order valence-corrected chi connectivity index (χ2v) is 20.5. The van der Waals surface area contributed by atoms with Crippen molar-refractivity contribution in [3.05, 3.63) is 108 Å². The van der Waals surface area contributed by atoms with E-state index >= 15 is 0 Å². The molecule has 5 rings (SSSR count). The van der Waals surface area contributed by atoms with Gasteiger partial charge in [0.1, 0.15) is 36.6 Å². The number of esters is 2. The smallest absolute Gasteiger partial charge is 0.339 e. The van der Waals surface area contributed by atoms with Crippen LogP contribution in [0.3, 0.4) is 0 Å². The summed E-state index contributed by atoms with van der Waals surface area (Å²) in [5, 5.41) is 11.6. The van der Waals surface area contributed by atoms with Crippen LogP contribution in [0.15, 0.2) is 91.0 Å². The van der Waals surface area contributed by atoms with Gasteiger partial charge in [-0.25, -0.2) is 4.79 Å². The van der Waals surface area contributed by atoms with Crippen LogP contribution < -0.4 is 0 Å². The van der Waals surface area contributed by atoms with E-state index in [-0.39, 0.29) is 31.5 Å². The van der Waals surface area contributed by atoms with E-state index in [4.69, 9.17) is 47.1 Å². The third-order valence-corrected chi connectivity index (χ3v) is 15.1. The van der Waals surface area contributed by atoms with E-state index in [1.165, 1.54) is 21.1 Å². The van der Waals surface area contributed by atoms with Crippen LogP contribution >= 0.6 is 0 Å². The fourth-order valence-electron chi connectivity index (χ4n) is 6.50. The summed E-state index contributed by atoms with van der Waals surface area (Å²) in [6, 6.07) is 29.2. The fourth-order valence-corrected chi connectivity index (χ4v) is 7.81. The summed E-state index contributed by atoms with van der Waals surface area (Å²) < 4.78 is 62.1. The van der Waals surface area contributed by atoms with Gasteiger partial charge >= 0.3 is 11.9 Å². The first kappa shape index (κ1) is 44.6. The lowest BCUT2D eigenvalue weighted by Crippen LogP contribution is -2.66. The Bertz CT molecular complexity index is 1670. The molecule has 0 radical (unpaired) electrons. The standard InChI is InChI=1S/C43H58O13Si/c1-28(44)53-37-35(56-57(7,8)43(2,3)4)33(45)41(55-38(37)40(46)47-5)52-27-32-34(49-24-29-18-12-9-13-19-29)36(50-25-30-20-14-10-15-21-30)39(42(48-6)54-32)51-26-31-22-16-11-17-23-31/h9-23,32-39,41-42,45H,24-27H2,1-8H3/t32-,33-,34-,35-,36+,37+,38+,39-,41-,42+/m1/s1. The Kier molecular flexibility index (Phi) is 16.0. The van der Waals surface area contributed by atoms with E-state index in [1.807, 2.05) is 125 Å². The number of aliphatic hydroxyl groups is 1. The monoisotopic (exact) mass is 810 g/mol. The van der Waals surface area contributed by atoms with Crippen LogP contribution in [0.25, 0.3) is 0 Å². The molecule has 3 aromatic rings. The molecule has 57 heavy (non-hydrogen) atoms. The maximum absolute atomic E-state index is 13.2. The number of hydrogen-bond acceptors (Lipinski definition) is 13. The van der Waals surface area contributed by atoms with Gasteiger partial charge in [0.15, 0.2) is 33.1 Å². The van der Waals surface area contributed by atoms with Crippen molar-refractivity contribution in [2.45, 2.75) is 127 Å². The zero-order chi connectivity index (χ0) is 41.2. The summed E-state index contributed by atoms with van der Waals surface area (Å²) >= 11 is 0. The molecule has 2 saturated heterocycles. The molecule has 0 amide bonds. The largest absolute Gasteiger partial charge is 0.467 e. The second-order valence-electron chi connectivity index (χ2n) is 15.8. The summed E-state index contributed by atoms with van der Waals surface area (Å²) in [6.45, 7) is 11.8. The van der Waals surface area contributed by atoms with Gasteiger partial charge < -0.3 is 52.2 Å². The first-order valence-corrected chi connectivity index (χ1v) is 22.2. The number of hydrogen-bond donors (Lipinski definition) is 1. The Balaban J connectivity index is 1.47. The Morgan fingerprint density at radius 2 is 1.16 bits per heavy atom. The Morgan fingerprint density at radius 3 is 1.61 bits per heavy atom. The first-order chi connectivity index (χ1) is 27.2. The fraction of sp³-hybridized carbons (Fsp3) is 0.535. The number of methoxy groups -OCH3 is 2. The van der Waals surface area contributed by atoms with Crippen molar-refractivity contribution in [2.75, 3.05) is 20.8 Å². The predicted molar refractivity (Wildman–Crippen MR) is 211 cm³/mol. The molecule has 0 bridgehead atoms. The summed E-state index contributed by atoms with van der Waals surface area (Å²) in [5.41, 5.74) is 2.81. The molecule has 2 aliphatic rings. The van der Waals surface area contributed by atoms with Crippen LogP contribution in [0.5, 0.6) is 0 Å². The number of carbonyl (C=O) groups excluding carboxylic acids is 2. The predicted octanol–water partition coefficient (Wildman–Crippen LogP) is 5.71. The quantitative estimate of drug-likeness (QED) is 0.131. The maximum atomic E-state index is 13.2.